The van der Waals surface area contributed by atoms with Crippen LogP contribution in [0.15, 0.2) is 70.1 Å². The minimum atomic E-state index is -0.321. The topological polar surface area (TPSA) is 80.9 Å². The van der Waals surface area contributed by atoms with Crippen molar-refractivity contribution in [1.29, 1.82) is 0 Å². The number of nitrogens with one attached hydrogen (secondary N) is 1. The SMILES string of the molecule is O=C(NCc1nccnc1-c1ccsc1)c1cc(-c2ccccc2)on1. The number of benzene rings is 1. The van der Waals surface area contributed by atoms with Gasteiger partial charge in [0, 0.05) is 35.0 Å². The maximum Gasteiger partial charge on any atom is 0.273 e. The molecule has 1 amide bonds. The van der Waals surface area contributed by atoms with E-state index in [1.54, 1.807) is 29.8 Å². The zero-order valence-corrected chi connectivity index (χ0v) is 14.4. The average Bonchev–Trinajstić information content (AvgIpc) is 3.39. The van der Waals surface area contributed by atoms with Crippen LogP contribution in [-0.2, 0) is 6.54 Å². The summed E-state index contributed by atoms with van der Waals surface area (Å²) < 4.78 is 5.27. The van der Waals surface area contributed by atoms with Crippen LogP contribution in [-0.4, -0.2) is 21.0 Å². The van der Waals surface area contributed by atoms with Gasteiger partial charge >= 0.3 is 0 Å². The van der Waals surface area contributed by atoms with Gasteiger partial charge in [-0.05, 0) is 11.4 Å². The first kappa shape index (κ1) is 16.2. The average molecular weight is 362 g/mol. The summed E-state index contributed by atoms with van der Waals surface area (Å²) in [6.45, 7) is 0.255. The molecule has 0 bridgehead atoms. The minimum Gasteiger partial charge on any atom is -0.355 e. The van der Waals surface area contributed by atoms with Gasteiger partial charge in [-0.2, -0.15) is 11.3 Å². The molecule has 0 saturated carbocycles. The van der Waals surface area contributed by atoms with Crippen LogP contribution in [0, 0.1) is 0 Å². The summed E-state index contributed by atoms with van der Waals surface area (Å²) in [6, 6.07) is 13.1. The van der Waals surface area contributed by atoms with Gasteiger partial charge in [-0.1, -0.05) is 35.5 Å². The van der Waals surface area contributed by atoms with Crippen LogP contribution in [0.1, 0.15) is 16.2 Å². The van der Waals surface area contributed by atoms with E-state index in [0.717, 1.165) is 16.8 Å². The Hall–Kier alpha value is -3.32. The lowest BCUT2D eigenvalue weighted by Gasteiger charge is -2.06. The number of aromatic nitrogens is 3. The highest BCUT2D eigenvalue weighted by molar-refractivity contribution is 7.08. The van der Waals surface area contributed by atoms with Crippen LogP contribution in [0.4, 0.5) is 0 Å². The van der Waals surface area contributed by atoms with Gasteiger partial charge in [-0.15, -0.1) is 0 Å². The van der Waals surface area contributed by atoms with Gasteiger partial charge in [0.1, 0.15) is 0 Å². The molecular weight excluding hydrogens is 348 g/mol. The highest BCUT2D eigenvalue weighted by atomic mass is 32.1. The molecule has 0 saturated heterocycles. The summed E-state index contributed by atoms with van der Waals surface area (Å²) in [4.78, 5) is 21.1. The summed E-state index contributed by atoms with van der Waals surface area (Å²) in [7, 11) is 0. The number of hydrogen-bond donors (Lipinski definition) is 1. The van der Waals surface area contributed by atoms with Gasteiger partial charge in [0.2, 0.25) is 0 Å². The molecule has 6 nitrogen and oxygen atoms in total. The Morgan fingerprint density at radius 2 is 1.92 bits per heavy atom. The number of carbonyl (C=O) groups is 1. The normalized spacial score (nSPS) is 10.6. The van der Waals surface area contributed by atoms with Crippen LogP contribution in [0.2, 0.25) is 0 Å². The van der Waals surface area contributed by atoms with E-state index in [-0.39, 0.29) is 18.1 Å². The second-order valence-corrected chi connectivity index (χ2v) is 6.27. The maximum absolute atomic E-state index is 12.4. The quantitative estimate of drug-likeness (QED) is 0.584. The van der Waals surface area contributed by atoms with E-state index in [0.29, 0.717) is 11.5 Å². The second-order valence-electron chi connectivity index (χ2n) is 5.49. The number of rotatable bonds is 5. The van der Waals surface area contributed by atoms with E-state index in [9.17, 15) is 4.79 Å². The Balaban J connectivity index is 1.48. The highest BCUT2D eigenvalue weighted by Gasteiger charge is 2.15. The minimum absolute atomic E-state index is 0.227. The number of carbonyl (C=O) groups excluding carboxylic acids is 1. The Morgan fingerprint density at radius 1 is 1.08 bits per heavy atom. The molecule has 4 aromatic rings. The fourth-order valence-electron chi connectivity index (χ4n) is 2.51. The maximum atomic E-state index is 12.4. The Bertz CT molecular complexity index is 1010. The van der Waals surface area contributed by atoms with E-state index in [2.05, 4.69) is 20.4 Å². The Morgan fingerprint density at radius 3 is 2.73 bits per heavy atom. The fraction of sp³-hybridized carbons (Fsp3) is 0.0526. The Labute approximate surface area is 153 Å². The summed E-state index contributed by atoms with van der Waals surface area (Å²) in [6.07, 6.45) is 3.25. The number of nitrogens with zero attached hydrogens (tertiary/aromatic N) is 3. The van der Waals surface area contributed by atoms with E-state index in [1.165, 1.54) is 0 Å². The predicted molar refractivity (Wildman–Crippen MR) is 98.5 cm³/mol. The molecule has 0 aliphatic heterocycles. The van der Waals surface area contributed by atoms with Gasteiger partial charge < -0.3 is 9.84 Å². The monoisotopic (exact) mass is 362 g/mol. The first-order chi connectivity index (χ1) is 12.8. The first-order valence-corrected chi connectivity index (χ1v) is 8.88. The lowest BCUT2D eigenvalue weighted by atomic mass is 10.1. The third-order valence-corrected chi connectivity index (χ3v) is 4.47. The molecule has 0 spiro atoms. The molecule has 0 fully saturated rings. The molecule has 4 rings (SSSR count). The lowest BCUT2D eigenvalue weighted by Crippen LogP contribution is -2.24. The largest absolute Gasteiger partial charge is 0.355 e. The molecule has 7 heteroatoms. The summed E-state index contributed by atoms with van der Waals surface area (Å²) in [5, 5.41) is 10.7. The zero-order chi connectivity index (χ0) is 17.8. The van der Waals surface area contributed by atoms with E-state index < -0.39 is 0 Å². The highest BCUT2D eigenvalue weighted by Crippen LogP contribution is 2.22. The molecule has 0 aliphatic carbocycles. The van der Waals surface area contributed by atoms with Crippen LogP contribution in [0.25, 0.3) is 22.6 Å². The molecule has 0 atom stereocenters. The molecule has 26 heavy (non-hydrogen) atoms. The van der Waals surface area contributed by atoms with Gasteiger partial charge in [-0.3, -0.25) is 14.8 Å². The van der Waals surface area contributed by atoms with E-state index in [1.807, 2.05) is 47.2 Å². The van der Waals surface area contributed by atoms with Crippen LogP contribution >= 0.6 is 11.3 Å². The van der Waals surface area contributed by atoms with Crippen molar-refractivity contribution in [2.45, 2.75) is 6.54 Å². The van der Waals surface area contributed by atoms with Crippen molar-refractivity contribution in [3.8, 4) is 22.6 Å². The smallest absolute Gasteiger partial charge is 0.273 e. The molecule has 1 aromatic carbocycles. The van der Waals surface area contributed by atoms with Crippen molar-refractivity contribution in [2.24, 2.45) is 0 Å². The van der Waals surface area contributed by atoms with Crippen molar-refractivity contribution in [1.82, 2.24) is 20.4 Å². The van der Waals surface area contributed by atoms with Gasteiger partial charge in [0.15, 0.2) is 11.5 Å². The van der Waals surface area contributed by atoms with Gasteiger partial charge in [0.05, 0.1) is 17.9 Å². The van der Waals surface area contributed by atoms with Crippen LogP contribution < -0.4 is 5.32 Å². The molecule has 128 valence electrons. The Kier molecular flexibility index (Phi) is 4.53. The molecule has 0 aliphatic rings. The van der Waals surface area contributed by atoms with Gasteiger partial charge in [0.25, 0.3) is 5.91 Å². The molecule has 3 aromatic heterocycles. The van der Waals surface area contributed by atoms with E-state index >= 15 is 0 Å². The molecule has 3 heterocycles. The summed E-state index contributed by atoms with van der Waals surface area (Å²) >= 11 is 1.59. The fourth-order valence-corrected chi connectivity index (χ4v) is 3.15. The number of hydrogen-bond acceptors (Lipinski definition) is 6. The van der Waals surface area contributed by atoms with Crippen LogP contribution in [0.3, 0.4) is 0 Å². The van der Waals surface area contributed by atoms with Crippen molar-refractivity contribution in [3.63, 3.8) is 0 Å². The molecule has 1 N–H and O–H groups in total. The first-order valence-electron chi connectivity index (χ1n) is 7.94. The van der Waals surface area contributed by atoms with E-state index in [4.69, 9.17) is 4.52 Å². The second kappa shape index (κ2) is 7.28. The number of thiophene rings is 1. The standard InChI is InChI=1S/C19H14N4O2S/c24-19(15-10-17(25-23-15)13-4-2-1-3-5-13)22-11-16-18(21-8-7-20-16)14-6-9-26-12-14/h1-10,12H,11H2,(H,22,24). The van der Waals surface area contributed by atoms with Crippen molar-refractivity contribution in [2.75, 3.05) is 0 Å². The molecular formula is C19H14N4O2S. The molecule has 0 radical (unpaired) electrons. The van der Waals surface area contributed by atoms with Gasteiger partial charge in [-0.25, -0.2) is 0 Å². The van der Waals surface area contributed by atoms with Crippen molar-refractivity contribution < 1.29 is 9.32 Å². The summed E-state index contributed by atoms with van der Waals surface area (Å²) in [5.41, 5.74) is 3.54. The third-order valence-electron chi connectivity index (χ3n) is 3.79. The van der Waals surface area contributed by atoms with Crippen molar-refractivity contribution in [3.05, 3.63) is 77.0 Å². The zero-order valence-electron chi connectivity index (χ0n) is 13.6. The van der Waals surface area contributed by atoms with Crippen molar-refractivity contribution >= 4 is 17.2 Å². The lowest BCUT2D eigenvalue weighted by molar-refractivity contribution is 0.0941. The third kappa shape index (κ3) is 3.38. The molecule has 0 unspecified atom stereocenters. The predicted octanol–water partition coefficient (Wildman–Crippen LogP) is 3.79. The number of amides is 1. The summed E-state index contributed by atoms with van der Waals surface area (Å²) in [5.74, 6) is 0.229. The van der Waals surface area contributed by atoms with Crippen LogP contribution in [0.5, 0.6) is 0 Å².